The highest BCUT2D eigenvalue weighted by Crippen LogP contribution is 2.17. The predicted molar refractivity (Wildman–Crippen MR) is 97.5 cm³/mol. The minimum atomic E-state index is -0.502. The van der Waals surface area contributed by atoms with E-state index in [0.717, 1.165) is 12.8 Å². The number of hydrogen-bond donors (Lipinski definition) is 2. The smallest absolute Gasteiger partial charge is 0.275 e. The van der Waals surface area contributed by atoms with Gasteiger partial charge in [-0.1, -0.05) is 6.92 Å². The van der Waals surface area contributed by atoms with Gasteiger partial charge in [-0.3, -0.25) is 23.7 Å². The summed E-state index contributed by atoms with van der Waals surface area (Å²) in [7, 11) is 3.23. The van der Waals surface area contributed by atoms with E-state index in [-0.39, 0.29) is 28.9 Å². The van der Waals surface area contributed by atoms with E-state index in [9.17, 15) is 14.4 Å². The quantitative estimate of drug-likeness (QED) is 0.760. The fourth-order valence-corrected chi connectivity index (χ4v) is 2.80. The van der Waals surface area contributed by atoms with Crippen LogP contribution in [0.3, 0.4) is 0 Å². The second-order valence-electron chi connectivity index (χ2n) is 6.42. The fraction of sp³-hybridized carbons (Fsp3) is 0.471. The Morgan fingerprint density at radius 1 is 1.15 bits per heavy atom. The van der Waals surface area contributed by atoms with Crippen LogP contribution >= 0.6 is 0 Å². The molecule has 1 saturated heterocycles. The van der Waals surface area contributed by atoms with Gasteiger partial charge in [-0.25, -0.2) is 0 Å². The van der Waals surface area contributed by atoms with Crippen molar-refractivity contribution >= 4 is 23.5 Å². The molecule has 2 aromatic rings. The van der Waals surface area contributed by atoms with Crippen molar-refractivity contribution in [2.45, 2.75) is 19.8 Å². The molecule has 0 bridgehead atoms. The number of rotatable bonds is 6. The van der Waals surface area contributed by atoms with Crippen LogP contribution in [0.4, 0.5) is 5.82 Å². The second-order valence-corrected chi connectivity index (χ2v) is 6.42. The van der Waals surface area contributed by atoms with Crippen LogP contribution in [0.25, 0.3) is 0 Å². The highest BCUT2D eigenvalue weighted by Gasteiger charge is 2.29. The van der Waals surface area contributed by atoms with Gasteiger partial charge in [-0.05, 0) is 12.8 Å². The zero-order valence-electron chi connectivity index (χ0n) is 15.7. The van der Waals surface area contributed by atoms with E-state index in [4.69, 9.17) is 0 Å². The van der Waals surface area contributed by atoms with Gasteiger partial charge in [-0.2, -0.15) is 10.2 Å². The maximum Gasteiger partial charge on any atom is 0.275 e. The summed E-state index contributed by atoms with van der Waals surface area (Å²) in [5, 5.41) is 13.6. The molecule has 0 radical (unpaired) electrons. The van der Waals surface area contributed by atoms with Crippen molar-refractivity contribution in [3.63, 3.8) is 0 Å². The topological polar surface area (TPSA) is 114 Å². The molecule has 144 valence electrons. The number of nitrogens with one attached hydrogen (secondary N) is 2. The number of hydrogen-bond acceptors (Lipinski definition) is 5. The van der Waals surface area contributed by atoms with Crippen molar-refractivity contribution in [2.75, 3.05) is 25.0 Å². The zero-order valence-corrected chi connectivity index (χ0v) is 15.7. The highest BCUT2D eigenvalue weighted by atomic mass is 16.2. The monoisotopic (exact) mass is 373 g/mol. The normalized spacial score (nSPS) is 13.2. The van der Waals surface area contributed by atoms with Gasteiger partial charge in [0.05, 0.1) is 11.8 Å². The SMILES string of the molecule is CCCNC(=O)c1cc(NC(=O)c2c(C(=O)N3CCC3)cnn2C)nn1C. The number of carbonyl (C=O) groups is 3. The van der Waals surface area contributed by atoms with Crippen LogP contribution in [0.2, 0.25) is 0 Å². The van der Waals surface area contributed by atoms with Gasteiger partial charge in [0, 0.05) is 39.8 Å². The minimum absolute atomic E-state index is 0.162. The highest BCUT2D eigenvalue weighted by molar-refractivity contribution is 6.11. The van der Waals surface area contributed by atoms with Gasteiger partial charge in [0.15, 0.2) is 5.82 Å². The summed E-state index contributed by atoms with van der Waals surface area (Å²) >= 11 is 0. The van der Waals surface area contributed by atoms with Crippen LogP contribution in [0.5, 0.6) is 0 Å². The average Bonchev–Trinajstić information content (AvgIpc) is 3.13. The van der Waals surface area contributed by atoms with Crippen LogP contribution in [0.1, 0.15) is 51.1 Å². The molecular formula is C17H23N7O3. The summed E-state index contributed by atoms with van der Waals surface area (Å²) in [4.78, 5) is 39.0. The summed E-state index contributed by atoms with van der Waals surface area (Å²) in [5.74, 6) is -0.744. The largest absolute Gasteiger partial charge is 0.351 e. The molecule has 0 atom stereocenters. The van der Waals surface area contributed by atoms with Crippen molar-refractivity contribution in [1.29, 1.82) is 0 Å². The standard InChI is InChI=1S/C17H23N7O3/c1-4-6-18-15(25)12-9-13(21-22(12)2)20-16(26)14-11(10-19-23(14)3)17(27)24-7-5-8-24/h9-10H,4-8H2,1-3H3,(H,18,25)(H,20,21,26). The lowest BCUT2D eigenvalue weighted by Gasteiger charge is -2.30. The Morgan fingerprint density at radius 3 is 2.52 bits per heavy atom. The van der Waals surface area contributed by atoms with Gasteiger partial charge in [0.25, 0.3) is 17.7 Å². The first-order valence-electron chi connectivity index (χ1n) is 8.87. The number of aryl methyl sites for hydroxylation is 2. The van der Waals surface area contributed by atoms with Crippen molar-refractivity contribution in [3.8, 4) is 0 Å². The van der Waals surface area contributed by atoms with Crippen molar-refractivity contribution in [2.24, 2.45) is 14.1 Å². The third-order valence-electron chi connectivity index (χ3n) is 4.42. The summed E-state index contributed by atoms with van der Waals surface area (Å²) in [6, 6.07) is 1.50. The van der Waals surface area contributed by atoms with E-state index in [1.807, 2.05) is 6.92 Å². The zero-order chi connectivity index (χ0) is 19.6. The summed E-state index contributed by atoms with van der Waals surface area (Å²) in [5.41, 5.74) is 0.752. The number of anilines is 1. The lowest BCUT2D eigenvalue weighted by atomic mass is 10.1. The van der Waals surface area contributed by atoms with Crippen molar-refractivity contribution in [3.05, 3.63) is 29.2 Å². The Bertz CT molecular complexity index is 879. The number of nitrogens with zero attached hydrogens (tertiary/aromatic N) is 5. The molecular weight excluding hydrogens is 350 g/mol. The van der Waals surface area contributed by atoms with Gasteiger partial charge in [0.1, 0.15) is 11.4 Å². The molecule has 3 rings (SSSR count). The molecule has 1 aliphatic heterocycles. The molecule has 10 nitrogen and oxygen atoms in total. The first kappa shape index (κ1) is 18.6. The Labute approximate surface area is 156 Å². The maximum atomic E-state index is 12.7. The fourth-order valence-electron chi connectivity index (χ4n) is 2.80. The Hall–Kier alpha value is -3.17. The van der Waals surface area contributed by atoms with Crippen molar-refractivity contribution in [1.82, 2.24) is 29.8 Å². The lowest BCUT2D eigenvalue weighted by molar-refractivity contribution is 0.0648. The molecule has 1 fully saturated rings. The van der Waals surface area contributed by atoms with Crippen LogP contribution in [0, 0.1) is 0 Å². The molecule has 27 heavy (non-hydrogen) atoms. The van der Waals surface area contributed by atoms with E-state index in [2.05, 4.69) is 20.8 Å². The number of aromatic nitrogens is 4. The van der Waals surface area contributed by atoms with Gasteiger partial charge < -0.3 is 15.5 Å². The van der Waals surface area contributed by atoms with E-state index in [1.165, 1.54) is 21.6 Å². The number of carbonyl (C=O) groups excluding carboxylic acids is 3. The molecule has 0 aromatic carbocycles. The van der Waals surface area contributed by atoms with Crippen LogP contribution < -0.4 is 10.6 Å². The van der Waals surface area contributed by atoms with Gasteiger partial charge in [0.2, 0.25) is 0 Å². The summed E-state index contributed by atoms with van der Waals surface area (Å²) in [6.45, 7) is 3.89. The van der Waals surface area contributed by atoms with Crippen LogP contribution in [-0.2, 0) is 14.1 Å². The van der Waals surface area contributed by atoms with E-state index in [0.29, 0.717) is 25.3 Å². The van der Waals surface area contributed by atoms with E-state index in [1.54, 1.807) is 19.0 Å². The summed E-state index contributed by atoms with van der Waals surface area (Å²) in [6.07, 6.45) is 3.18. The molecule has 10 heteroatoms. The van der Waals surface area contributed by atoms with E-state index < -0.39 is 5.91 Å². The first-order valence-corrected chi connectivity index (χ1v) is 8.87. The molecule has 0 saturated carbocycles. The second kappa shape index (κ2) is 7.60. The molecule has 2 N–H and O–H groups in total. The third-order valence-corrected chi connectivity index (χ3v) is 4.42. The molecule has 0 aliphatic carbocycles. The van der Waals surface area contributed by atoms with Gasteiger partial charge in [-0.15, -0.1) is 0 Å². The minimum Gasteiger partial charge on any atom is -0.351 e. The molecule has 3 amide bonds. The number of likely N-dealkylation sites (tertiary alicyclic amines) is 1. The Kier molecular flexibility index (Phi) is 5.24. The first-order chi connectivity index (χ1) is 12.9. The van der Waals surface area contributed by atoms with Crippen LogP contribution in [0.15, 0.2) is 12.3 Å². The maximum absolute atomic E-state index is 12.7. The molecule has 0 spiro atoms. The number of amides is 3. The molecule has 2 aromatic heterocycles. The average molecular weight is 373 g/mol. The predicted octanol–water partition coefficient (Wildman–Crippen LogP) is 0.392. The third kappa shape index (κ3) is 3.69. The summed E-state index contributed by atoms with van der Waals surface area (Å²) < 4.78 is 2.76. The lowest BCUT2D eigenvalue weighted by Crippen LogP contribution is -2.42. The van der Waals surface area contributed by atoms with E-state index >= 15 is 0 Å². The Morgan fingerprint density at radius 2 is 1.89 bits per heavy atom. The molecule has 0 unspecified atom stereocenters. The molecule has 3 heterocycles. The van der Waals surface area contributed by atoms with Crippen molar-refractivity contribution < 1.29 is 14.4 Å². The van der Waals surface area contributed by atoms with Crippen LogP contribution in [-0.4, -0.2) is 61.8 Å². The van der Waals surface area contributed by atoms with Gasteiger partial charge >= 0.3 is 0 Å². The molecule has 1 aliphatic rings. The Balaban J connectivity index is 1.77.